The zero-order chi connectivity index (χ0) is 32.2. The summed E-state index contributed by atoms with van der Waals surface area (Å²) in [5.74, 6) is 0. The van der Waals surface area contributed by atoms with E-state index in [2.05, 4.69) is 195 Å². The molecule has 0 saturated carbocycles. The van der Waals surface area contributed by atoms with Crippen LogP contribution in [0.15, 0.2) is 176 Å². The minimum Gasteiger partial charge on any atom is -0.310 e. The average Bonchev–Trinajstić information content (AvgIpc) is 3.36. The molecule has 1 aliphatic carbocycles. The number of hydrogen-bond acceptors (Lipinski definition) is 1. The second kappa shape index (κ2) is 11.1. The summed E-state index contributed by atoms with van der Waals surface area (Å²) >= 11 is 0. The first kappa shape index (κ1) is 28.3. The third-order valence-electron chi connectivity index (χ3n) is 10.2. The number of rotatable bonds is 5. The van der Waals surface area contributed by atoms with E-state index in [-0.39, 0.29) is 5.41 Å². The molecule has 48 heavy (non-hydrogen) atoms. The molecule has 0 fully saturated rings. The van der Waals surface area contributed by atoms with Gasteiger partial charge in [-0.25, -0.2) is 0 Å². The molecule has 1 heteroatoms. The predicted molar refractivity (Wildman–Crippen MR) is 205 cm³/mol. The summed E-state index contributed by atoms with van der Waals surface area (Å²) in [4.78, 5) is 2.38. The van der Waals surface area contributed by atoms with Crippen LogP contribution < -0.4 is 4.90 Å². The number of fused-ring (bicyclic) bond motifs is 5. The fraction of sp³-hybridized carbons (Fsp3) is 0.0638. The summed E-state index contributed by atoms with van der Waals surface area (Å²) in [7, 11) is 0. The van der Waals surface area contributed by atoms with Gasteiger partial charge in [-0.3, -0.25) is 0 Å². The van der Waals surface area contributed by atoms with Gasteiger partial charge in [-0.15, -0.1) is 0 Å². The summed E-state index contributed by atoms with van der Waals surface area (Å²) in [5.41, 5.74) is 13.7. The SMILES string of the molecule is CC1(C)c2ccccc2-c2cc3ccc(N(c4ccc(-c5ccccc5)cc4)c4ccc(-c5ccc6ccccc6c5)cc4)cc3cc21. The van der Waals surface area contributed by atoms with Crippen molar-refractivity contribution in [3.63, 3.8) is 0 Å². The van der Waals surface area contributed by atoms with Crippen molar-refractivity contribution in [2.45, 2.75) is 19.3 Å². The van der Waals surface area contributed by atoms with E-state index in [4.69, 9.17) is 0 Å². The van der Waals surface area contributed by atoms with Gasteiger partial charge in [-0.05, 0) is 121 Å². The molecule has 0 aliphatic heterocycles. The second-order valence-corrected chi connectivity index (χ2v) is 13.5. The maximum Gasteiger partial charge on any atom is 0.0468 e. The monoisotopic (exact) mass is 613 g/mol. The highest BCUT2D eigenvalue weighted by Gasteiger charge is 2.35. The molecule has 0 N–H and O–H groups in total. The smallest absolute Gasteiger partial charge is 0.0468 e. The Balaban J connectivity index is 1.15. The number of benzene rings is 8. The van der Waals surface area contributed by atoms with E-state index in [0.29, 0.717) is 0 Å². The molecule has 0 atom stereocenters. The van der Waals surface area contributed by atoms with Gasteiger partial charge in [0.1, 0.15) is 0 Å². The van der Waals surface area contributed by atoms with Gasteiger partial charge in [0.25, 0.3) is 0 Å². The van der Waals surface area contributed by atoms with Crippen LogP contribution in [0, 0.1) is 0 Å². The lowest BCUT2D eigenvalue weighted by molar-refractivity contribution is 0.661. The van der Waals surface area contributed by atoms with Crippen molar-refractivity contribution in [1.29, 1.82) is 0 Å². The number of anilines is 3. The molecular weight excluding hydrogens is 579 g/mol. The normalized spacial score (nSPS) is 13.0. The summed E-state index contributed by atoms with van der Waals surface area (Å²) in [6.45, 7) is 4.70. The van der Waals surface area contributed by atoms with Gasteiger partial charge in [-0.2, -0.15) is 0 Å². The van der Waals surface area contributed by atoms with E-state index < -0.39 is 0 Å². The summed E-state index contributed by atoms with van der Waals surface area (Å²) in [5, 5.41) is 5.03. The molecule has 0 heterocycles. The van der Waals surface area contributed by atoms with Crippen molar-refractivity contribution in [1.82, 2.24) is 0 Å². The fourth-order valence-electron chi connectivity index (χ4n) is 7.62. The van der Waals surface area contributed by atoms with Crippen LogP contribution in [0.5, 0.6) is 0 Å². The number of nitrogens with zero attached hydrogens (tertiary/aromatic N) is 1. The molecule has 9 rings (SSSR count). The second-order valence-electron chi connectivity index (χ2n) is 13.5. The van der Waals surface area contributed by atoms with Crippen molar-refractivity contribution in [2.75, 3.05) is 4.90 Å². The Hall–Kier alpha value is -5.92. The zero-order valence-electron chi connectivity index (χ0n) is 27.2. The van der Waals surface area contributed by atoms with Crippen molar-refractivity contribution in [3.05, 3.63) is 187 Å². The van der Waals surface area contributed by atoms with Crippen molar-refractivity contribution < 1.29 is 0 Å². The Labute approximate surface area is 282 Å². The quantitative estimate of drug-likeness (QED) is 0.187. The maximum absolute atomic E-state index is 2.42. The molecule has 0 unspecified atom stereocenters. The minimum absolute atomic E-state index is 0.0400. The molecule has 0 spiro atoms. The van der Waals surface area contributed by atoms with Crippen molar-refractivity contribution >= 4 is 38.6 Å². The Morgan fingerprint density at radius 3 is 1.62 bits per heavy atom. The lowest BCUT2D eigenvalue weighted by atomic mass is 9.82. The van der Waals surface area contributed by atoms with Gasteiger partial charge in [0.15, 0.2) is 0 Å². The Bertz CT molecular complexity index is 2450. The van der Waals surface area contributed by atoms with Crippen LogP contribution in [-0.4, -0.2) is 0 Å². The average molecular weight is 614 g/mol. The highest BCUT2D eigenvalue weighted by molar-refractivity contribution is 5.96. The predicted octanol–water partition coefficient (Wildman–Crippen LogP) is 13.1. The standard InChI is InChI=1S/C47H35N/c1-47(2)45-15-9-8-14-43(45)44-30-38-22-27-42(29-39(38)31-46(44)47)48(40-23-18-34(19-24-40)32-10-4-3-5-11-32)41-25-20-35(21-26-41)37-17-16-33-12-6-7-13-36(33)28-37/h3-31H,1-2H3. The van der Waals surface area contributed by atoms with Gasteiger partial charge < -0.3 is 4.90 Å². The summed E-state index contributed by atoms with van der Waals surface area (Å²) in [6, 6.07) is 64.4. The lowest BCUT2D eigenvalue weighted by Gasteiger charge is -2.27. The van der Waals surface area contributed by atoms with Crippen LogP contribution >= 0.6 is 0 Å². The van der Waals surface area contributed by atoms with Crippen molar-refractivity contribution in [2.24, 2.45) is 0 Å². The third-order valence-corrected chi connectivity index (χ3v) is 10.2. The van der Waals surface area contributed by atoms with Crippen LogP contribution in [0.1, 0.15) is 25.0 Å². The fourth-order valence-corrected chi connectivity index (χ4v) is 7.62. The third kappa shape index (κ3) is 4.70. The molecule has 0 aromatic heterocycles. The first-order chi connectivity index (χ1) is 23.5. The van der Waals surface area contributed by atoms with Crippen LogP contribution in [0.2, 0.25) is 0 Å². The Morgan fingerprint density at radius 1 is 0.333 bits per heavy atom. The minimum atomic E-state index is -0.0400. The van der Waals surface area contributed by atoms with Gasteiger partial charge in [0.2, 0.25) is 0 Å². The molecule has 8 aromatic carbocycles. The molecule has 0 radical (unpaired) electrons. The topological polar surface area (TPSA) is 3.24 Å². The highest BCUT2D eigenvalue weighted by Crippen LogP contribution is 2.50. The Morgan fingerprint density at radius 2 is 0.875 bits per heavy atom. The molecule has 0 saturated heterocycles. The van der Waals surface area contributed by atoms with Gasteiger partial charge in [0, 0.05) is 22.5 Å². The van der Waals surface area contributed by atoms with Gasteiger partial charge >= 0.3 is 0 Å². The molecule has 8 aromatic rings. The van der Waals surface area contributed by atoms with Crippen LogP contribution in [-0.2, 0) is 5.41 Å². The molecular formula is C47H35N. The highest BCUT2D eigenvalue weighted by atomic mass is 15.1. The maximum atomic E-state index is 2.42. The van der Waals surface area contributed by atoms with Crippen LogP contribution in [0.25, 0.3) is 54.9 Å². The lowest BCUT2D eigenvalue weighted by Crippen LogP contribution is -2.14. The molecule has 1 aliphatic rings. The van der Waals surface area contributed by atoms with Crippen molar-refractivity contribution in [3.8, 4) is 33.4 Å². The Kier molecular flexibility index (Phi) is 6.55. The van der Waals surface area contributed by atoms with E-state index in [1.54, 1.807) is 0 Å². The molecule has 228 valence electrons. The molecule has 0 bridgehead atoms. The molecule has 0 amide bonds. The summed E-state index contributed by atoms with van der Waals surface area (Å²) in [6.07, 6.45) is 0. The largest absolute Gasteiger partial charge is 0.310 e. The summed E-state index contributed by atoms with van der Waals surface area (Å²) < 4.78 is 0. The van der Waals surface area contributed by atoms with Crippen LogP contribution in [0.3, 0.4) is 0 Å². The van der Waals surface area contributed by atoms with E-state index in [1.807, 2.05) is 0 Å². The van der Waals surface area contributed by atoms with Crippen LogP contribution in [0.4, 0.5) is 17.1 Å². The van der Waals surface area contributed by atoms with E-state index in [0.717, 1.165) is 17.1 Å². The first-order valence-corrected chi connectivity index (χ1v) is 16.8. The number of hydrogen-bond donors (Lipinski definition) is 0. The first-order valence-electron chi connectivity index (χ1n) is 16.8. The van der Waals surface area contributed by atoms with E-state index in [1.165, 1.54) is 66.1 Å². The van der Waals surface area contributed by atoms with E-state index in [9.17, 15) is 0 Å². The molecule has 1 nitrogen and oxygen atoms in total. The van der Waals surface area contributed by atoms with E-state index >= 15 is 0 Å². The van der Waals surface area contributed by atoms with Gasteiger partial charge in [0.05, 0.1) is 0 Å². The zero-order valence-corrected chi connectivity index (χ0v) is 27.2. The van der Waals surface area contributed by atoms with Gasteiger partial charge in [-0.1, -0.05) is 135 Å².